The van der Waals surface area contributed by atoms with Crippen LogP contribution in [0.2, 0.25) is 0 Å². The highest BCUT2D eigenvalue weighted by Crippen LogP contribution is 2.22. The number of nitrogens with one attached hydrogen (secondary N) is 3. The molecular formula is C19H23N5O7S. The Morgan fingerprint density at radius 3 is 2.31 bits per heavy atom. The summed E-state index contributed by atoms with van der Waals surface area (Å²) in [5, 5.41) is 5.33. The van der Waals surface area contributed by atoms with E-state index in [0.717, 1.165) is 6.08 Å². The number of hydrogen-bond acceptors (Lipinski definition) is 10. The second-order valence-electron chi connectivity index (χ2n) is 5.98. The molecule has 0 atom stereocenters. The maximum Gasteiger partial charge on any atom is 0.332 e. The molecule has 1 heterocycles. The lowest BCUT2D eigenvalue weighted by Gasteiger charge is -2.12. The van der Waals surface area contributed by atoms with Gasteiger partial charge in [0.25, 0.3) is 15.9 Å². The van der Waals surface area contributed by atoms with Gasteiger partial charge in [-0.3, -0.25) is 9.52 Å². The van der Waals surface area contributed by atoms with Gasteiger partial charge in [-0.15, -0.1) is 0 Å². The van der Waals surface area contributed by atoms with Gasteiger partial charge in [0, 0.05) is 18.3 Å². The minimum atomic E-state index is -4.00. The lowest BCUT2D eigenvalue weighted by atomic mass is 10.3. The number of esters is 1. The van der Waals surface area contributed by atoms with Crippen molar-refractivity contribution in [1.82, 2.24) is 15.3 Å². The minimum absolute atomic E-state index is 0.0459. The standard InChI is InChI=1S/C19H23N5O7S/c1-5-20-18(26)14(10-17(25)30-3)21-12-6-8-13(9-7-12)32(27,28)24-15-11-16(29-2)23-19(22-15)31-4/h6-11,21H,5H2,1-4H3,(H,20,26)(H,22,23,24)/b14-10-. The molecule has 32 heavy (non-hydrogen) atoms. The SMILES string of the molecule is CCNC(=O)/C(=C/C(=O)OC)Nc1ccc(S(=O)(=O)Nc2cc(OC)nc(OC)n2)cc1. The number of methoxy groups -OCH3 is 3. The van der Waals surface area contributed by atoms with E-state index in [1.165, 1.54) is 51.7 Å². The van der Waals surface area contributed by atoms with Crippen molar-refractivity contribution in [2.24, 2.45) is 0 Å². The molecule has 0 radical (unpaired) electrons. The molecule has 0 aliphatic rings. The first-order valence-corrected chi connectivity index (χ1v) is 10.7. The fourth-order valence-electron chi connectivity index (χ4n) is 2.31. The van der Waals surface area contributed by atoms with Gasteiger partial charge in [0.05, 0.1) is 32.3 Å². The van der Waals surface area contributed by atoms with Gasteiger partial charge in [-0.05, 0) is 31.2 Å². The highest BCUT2D eigenvalue weighted by atomic mass is 32.2. The van der Waals surface area contributed by atoms with Crippen LogP contribution < -0.4 is 24.8 Å². The molecule has 172 valence electrons. The van der Waals surface area contributed by atoms with Crippen molar-refractivity contribution in [2.45, 2.75) is 11.8 Å². The van der Waals surface area contributed by atoms with Gasteiger partial charge in [-0.2, -0.15) is 9.97 Å². The molecule has 0 spiro atoms. The van der Waals surface area contributed by atoms with E-state index in [9.17, 15) is 18.0 Å². The van der Waals surface area contributed by atoms with Crippen LogP contribution in [-0.2, 0) is 24.3 Å². The zero-order valence-electron chi connectivity index (χ0n) is 17.8. The van der Waals surface area contributed by atoms with E-state index in [1.807, 2.05) is 0 Å². The fourth-order valence-corrected chi connectivity index (χ4v) is 3.30. The summed E-state index contributed by atoms with van der Waals surface area (Å²) >= 11 is 0. The van der Waals surface area contributed by atoms with Crippen LogP contribution in [0.25, 0.3) is 0 Å². The lowest BCUT2D eigenvalue weighted by Crippen LogP contribution is -2.28. The normalized spacial score (nSPS) is 11.3. The van der Waals surface area contributed by atoms with E-state index in [1.54, 1.807) is 6.92 Å². The topological polar surface area (TPSA) is 158 Å². The van der Waals surface area contributed by atoms with Crippen molar-refractivity contribution < 1.29 is 32.2 Å². The molecule has 13 heteroatoms. The fraction of sp³-hybridized carbons (Fsp3) is 0.263. The Kier molecular flexibility index (Phi) is 8.35. The molecule has 2 aromatic rings. The quantitative estimate of drug-likeness (QED) is 0.340. The number of sulfonamides is 1. The summed E-state index contributed by atoms with van der Waals surface area (Å²) in [4.78, 5) is 31.4. The van der Waals surface area contributed by atoms with Gasteiger partial charge >= 0.3 is 12.0 Å². The number of likely N-dealkylation sites (N-methyl/N-ethyl adjacent to an activating group) is 1. The number of anilines is 2. The molecule has 0 aliphatic carbocycles. The van der Waals surface area contributed by atoms with Crippen molar-refractivity contribution in [3.05, 3.63) is 42.1 Å². The Balaban J connectivity index is 2.24. The Labute approximate surface area is 185 Å². The average molecular weight is 465 g/mol. The van der Waals surface area contributed by atoms with Crippen LogP contribution in [0.15, 0.2) is 47.0 Å². The van der Waals surface area contributed by atoms with Crippen LogP contribution >= 0.6 is 0 Å². The number of carbonyl (C=O) groups is 2. The van der Waals surface area contributed by atoms with Gasteiger partial charge in [0.1, 0.15) is 5.70 Å². The van der Waals surface area contributed by atoms with E-state index >= 15 is 0 Å². The first-order chi connectivity index (χ1) is 15.2. The maximum absolute atomic E-state index is 12.7. The van der Waals surface area contributed by atoms with Crippen LogP contribution in [0.1, 0.15) is 6.92 Å². The highest BCUT2D eigenvalue weighted by Gasteiger charge is 2.18. The van der Waals surface area contributed by atoms with E-state index < -0.39 is 21.9 Å². The number of aromatic nitrogens is 2. The molecule has 3 N–H and O–H groups in total. The molecule has 0 fully saturated rings. The van der Waals surface area contributed by atoms with Gasteiger partial charge in [-0.25, -0.2) is 13.2 Å². The molecule has 1 aromatic heterocycles. The molecule has 1 amide bonds. The molecule has 0 aliphatic heterocycles. The van der Waals surface area contributed by atoms with E-state index in [-0.39, 0.29) is 28.3 Å². The van der Waals surface area contributed by atoms with Crippen LogP contribution in [0.3, 0.4) is 0 Å². The molecule has 0 saturated carbocycles. The summed E-state index contributed by atoms with van der Waals surface area (Å²) in [7, 11) is -0.113. The van der Waals surface area contributed by atoms with Crippen LogP contribution in [0, 0.1) is 0 Å². The number of amides is 1. The monoisotopic (exact) mass is 465 g/mol. The zero-order valence-corrected chi connectivity index (χ0v) is 18.6. The highest BCUT2D eigenvalue weighted by molar-refractivity contribution is 7.92. The number of ether oxygens (including phenoxy) is 3. The van der Waals surface area contributed by atoms with Crippen molar-refractivity contribution in [1.29, 1.82) is 0 Å². The smallest absolute Gasteiger partial charge is 0.332 e. The van der Waals surface area contributed by atoms with E-state index in [0.29, 0.717) is 12.2 Å². The summed E-state index contributed by atoms with van der Waals surface area (Å²) < 4.78 is 42.2. The number of hydrogen-bond donors (Lipinski definition) is 3. The molecule has 0 unspecified atom stereocenters. The third kappa shape index (κ3) is 6.57. The van der Waals surface area contributed by atoms with Crippen LogP contribution in [0.4, 0.5) is 11.5 Å². The number of rotatable bonds is 10. The van der Waals surface area contributed by atoms with E-state index in [4.69, 9.17) is 9.47 Å². The van der Waals surface area contributed by atoms with Crippen molar-refractivity contribution >= 4 is 33.4 Å². The molecule has 1 aromatic carbocycles. The molecule has 0 saturated heterocycles. The minimum Gasteiger partial charge on any atom is -0.481 e. The third-order valence-corrected chi connectivity index (χ3v) is 5.17. The first kappa shape index (κ1) is 24.4. The van der Waals surface area contributed by atoms with Gasteiger partial charge in [0.2, 0.25) is 5.88 Å². The molecule has 2 rings (SSSR count). The molecular weight excluding hydrogens is 442 g/mol. The van der Waals surface area contributed by atoms with Crippen molar-refractivity contribution in [3.63, 3.8) is 0 Å². The Bertz CT molecular complexity index is 1080. The summed E-state index contributed by atoms with van der Waals surface area (Å²) in [5.41, 5.74) is 0.309. The first-order valence-electron chi connectivity index (χ1n) is 9.17. The summed E-state index contributed by atoms with van der Waals surface area (Å²) in [5.74, 6) is -1.18. The van der Waals surface area contributed by atoms with Gasteiger partial charge in [-0.1, -0.05) is 0 Å². The van der Waals surface area contributed by atoms with Crippen molar-refractivity contribution in [2.75, 3.05) is 37.9 Å². The summed E-state index contributed by atoms with van der Waals surface area (Å²) in [6.07, 6.45) is 0.993. The Morgan fingerprint density at radius 1 is 1.06 bits per heavy atom. The Morgan fingerprint density at radius 2 is 1.75 bits per heavy atom. The second kappa shape index (κ2) is 10.9. The predicted octanol–water partition coefficient (Wildman–Crippen LogP) is 0.899. The number of carbonyl (C=O) groups excluding carboxylic acids is 2. The second-order valence-corrected chi connectivity index (χ2v) is 7.66. The molecule has 12 nitrogen and oxygen atoms in total. The third-order valence-electron chi connectivity index (χ3n) is 3.80. The number of benzene rings is 1. The van der Waals surface area contributed by atoms with Gasteiger partial charge in [0.15, 0.2) is 5.82 Å². The van der Waals surface area contributed by atoms with Crippen LogP contribution in [0.5, 0.6) is 11.9 Å². The van der Waals surface area contributed by atoms with Crippen molar-refractivity contribution in [3.8, 4) is 11.9 Å². The van der Waals surface area contributed by atoms with E-state index in [2.05, 4.69) is 30.1 Å². The molecule has 0 bridgehead atoms. The van der Waals surface area contributed by atoms with Crippen LogP contribution in [-0.4, -0.2) is 58.1 Å². The summed E-state index contributed by atoms with van der Waals surface area (Å²) in [6, 6.07) is 6.71. The summed E-state index contributed by atoms with van der Waals surface area (Å²) in [6.45, 7) is 2.07. The zero-order chi connectivity index (χ0) is 23.7. The predicted molar refractivity (Wildman–Crippen MR) is 115 cm³/mol. The Hall–Kier alpha value is -3.87. The lowest BCUT2D eigenvalue weighted by molar-refractivity contribution is -0.135. The number of nitrogens with zero attached hydrogens (tertiary/aromatic N) is 2. The van der Waals surface area contributed by atoms with Gasteiger partial charge < -0.3 is 24.8 Å². The average Bonchev–Trinajstić information content (AvgIpc) is 2.78. The maximum atomic E-state index is 12.7. The largest absolute Gasteiger partial charge is 0.481 e.